The smallest absolute Gasteiger partial charge is 0.257 e. The summed E-state index contributed by atoms with van der Waals surface area (Å²) < 4.78 is 0. The van der Waals surface area contributed by atoms with E-state index in [4.69, 9.17) is 12.2 Å². The molecule has 2 amide bonds. The number of thiocarbonyl (C=S) groups is 1. The van der Waals surface area contributed by atoms with E-state index >= 15 is 0 Å². The van der Waals surface area contributed by atoms with Gasteiger partial charge in [-0.05, 0) is 61.6 Å². The average Bonchev–Trinajstić information content (AvgIpc) is 2.69. The Morgan fingerprint density at radius 1 is 0.714 bits per heavy atom. The highest BCUT2D eigenvalue weighted by Gasteiger charge is 2.09. The lowest BCUT2D eigenvalue weighted by atomic mass is 10.1. The summed E-state index contributed by atoms with van der Waals surface area (Å²) in [5.41, 5.74) is 3.44. The van der Waals surface area contributed by atoms with E-state index in [1.165, 1.54) is 0 Å². The molecule has 0 aliphatic rings. The van der Waals surface area contributed by atoms with Gasteiger partial charge in [-0.15, -0.1) is 0 Å². The number of benzene rings is 3. The molecule has 3 aromatic carbocycles. The van der Waals surface area contributed by atoms with E-state index in [0.717, 1.165) is 5.56 Å². The number of hydrogen-bond acceptors (Lipinski definition) is 3. The molecule has 0 saturated heterocycles. The van der Waals surface area contributed by atoms with Crippen molar-refractivity contribution in [2.45, 2.75) is 6.92 Å². The highest BCUT2D eigenvalue weighted by molar-refractivity contribution is 7.80. The summed E-state index contributed by atoms with van der Waals surface area (Å²) in [4.78, 5) is 24.5. The van der Waals surface area contributed by atoms with Gasteiger partial charge in [-0.25, -0.2) is 0 Å². The second kappa shape index (κ2) is 8.92. The molecule has 0 heterocycles. The van der Waals surface area contributed by atoms with Crippen molar-refractivity contribution in [3.8, 4) is 0 Å². The maximum absolute atomic E-state index is 12.3. The van der Waals surface area contributed by atoms with E-state index in [-0.39, 0.29) is 16.9 Å². The van der Waals surface area contributed by atoms with Crippen LogP contribution in [-0.4, -0.2) is 16.9 Å². The van der Waals surface area contributed by atoms with Crippen molar-refractivity contribution in [3.63, 3.8) is 0 Å². The van der Waals surface area contributed by atoms with Crippen LogP contribution in [0.15, 0.2) is 78.9 Å². The molecular weight excluding hydrogens is 370 g/mol. The van der Waals surface area contributed by atoms with E-state index in [0.29, 0.717) is 22.5 Å². The Bertz CT molecular complexity index is 1000. The van der Waals surface area contributed by atoms with Gasteiger partial charge in [-0.2, -0.15) is 0 Å². The first kappa shape index (κ1) is 19.3. The van der Waals surface area contributed by atoms with Gasteiger partial charge >= 0.3 is 0 Å². The van der Waals surface area contributed by atoms with E-state index in [2.05, 4.69) is 16.0 Å². The predicted molar refractivity (Wildman–Crippen MR) is 116 cm³/mol. The van der Waals surface area contributed by atoms with Crippen molar-refractivity contribution in [2.24, 2.45) is 0 Å². The molecule has 140 valence electrons. The van der Waals surface area contributed by atoms with Crippen LogP contribution in [0.4, 0.5) is 11.4 Å². The van der Waals surface area contributed by atoms with Crippen molar-refractivity contribution in [3.05, 3.63) is 95.6 Å². The topological polar surface area (TPSA) is 70.2 Å². The Labute approximate surface area is 168 Å². The molecule has 3 aromatic rings. The van der Waals surface area contributed by atoms with E-state index in [1.54, 1.807) is 48.5 Å². The molecule has 28 heavy (non-hydrogen) atoms. The van der Waals surface area contributed by atoms with Crippen molar-refractivity contribution >= 4 is 40.5 Å². The largest absolute Gasteiger partial charge is 0.332 e. The van der Waals surface area contributed by atoms with Crippen LogP contribution in [-0.2, 0) is 0 Å². The quantitative estimate of drug-likeness (QED) is 0.580. The van der Waals surface area contributed by atoms with Crippen LogP contribution in [0, 0.1) is 6.92 Å². The van der Waals surface area contributed by atoms with Gasteiger partial charge in [-0.1, -0.05) is 42.0 Å². The minimum absolute atomic E-state index is 0.178. The highest BCUT2D eigenvalue weighted by Crippen LogP contribution is 2.16. The van der Waals surface area contributed by atoms with Crippen molar-refractivity contribution < 1.29 is 9.59 Å². The number of carbonyl (C=O) groups excluding carboxylic acids is 2. The van der Waals surface area contributed by atoms with Crippen LogP contribution < -0.4 is 16.0 Å². The minimum atomic E-state index is -0.286. The van der Waals surface area contributed by atoms with Crippen LogP contribution in [0.2, 0.25) is 0 Å². The molecule has 0 saturated carbocycles. The van der Waals surface area contributed by atoms with E-state index in [9.17, 15) is 9.59 Å². The third-order valence-corrected chi connectivity index (χ3v) is 4.16. The second-order valence-corrected chi connectivity index (χ2v) is 6.58. The van der Waals surface area contributed by atoms with Gasteiger partial charge in [0.2, 0.25) is 0 Å². The molecule has 0 atom stereocenters. The zero-order valence-corrected chi connectivity index (χ0v) is 16.0. The van der Waals surface area contributed by atoms with Gasteiger partial charge in [0.1, 0.15) is 0 Å². The van der Waals surface area contributed by atoms with Crippen LogP contribution in [0.25, 0.3) is 0 Å². The summed E-state index contributed by atoms with van der Waals surface area (Å²) in [5, 5.41) is 8.61. The summed E-state index contributed by atoms with van der Waals surface area (Å²) >= 11 is 5.22. The third kappa shape index (κ3) is 5.25. The molecule has 3 N–H and O–H groups in total. The maximum atomic E-state index is 12.3. The Balaban J connectivity index is 1.60. The molecule has 0 unspecified atom stereocenters. The SMILES string of the molecule is Cc1ccc(C(=O)NC(=S)Nc2cccc(NC(=O)c3ccccc3)c2)cc1. The molecule has 0 aromatic heterocycles. The molecule has 3 rings (SSSR count). The number of nitrogens with one attached hydrogen (secondary N) is 3. The summed E-state index contributed by atoms with van der Waals surface area (Å²) in [6.45, 7) is 1.96. The van der Waals surface area contributed by atoms with Gasteiger partial charge in [0.15, 0.2) is 5.11 Å². The van der Waals surface area contributed by atoms with Gasteiger partial charge in [-0.3, -0.25) is 14.9 Å². The number of carbonyl (C=O) groups is 2. The number of aryl methyl sites for hydroxylation is 1. The number of rotatable bonds is 4. The number of hydrogen-bond donors (Lipinski definition) is 3. The van der Waals surface area contributed by atoms with Crippen molar-refractivity contribution in [2.75, 3.05) is 10.6 Å². The fourth-order valence-electron chi connectivity index (χ4n) is 2.51. The fraction of sp³-hybridized carbons (Fsp3) is 0.0455. The molecule has 0 aliphatic heterocycles. The first-order valence-corrected chi connectivity index (χ1v) is 9.07. The molecule has 0 spiro atoms. The zero-order chi connectivity index (χ0) is 19.9. The number of anilines is 2. The first-order valence-electron chi connectivity index (χ1n) is 8.67. The molecule has 0 bridgehead atoms. The molecular formula is C22H19N3O2S. The Kier molecular flexibility index (Phi) is 6.14. The van der Waals surface area contributed by atoms with Crippen LogP contribution in [0.5, 0.6) is 0 Å². The Morgan fingerprint density at radius 2 is 1.32 bits per heavy atom. The summed E-state index contributed by atoms with van der Waals surface area (Å²) in [7, 11) is 0. The maximum Gasteiger partial charge on any atom is 0.257 e. The monoisotopic (exact) mass is 389 g/mol. The normalized spacial score (nSPS) is 10.0. The van der Waals surface area contributed by atoms with Gasteiger partial charge in [0.05, 0.1) is 0 Å². The Morgan fingerprint density at radius 3 is 2.00 bits per heavy atom. The molecule has 5 nitrogen and oxygen atoms in total. The van der Waals surface area contributed by atoms with Crippen LogP contribution in [0.3, 0.4) is 0 Å². The fourth-order valence-corrected chi connectivity index (χ4v) is 2.72. The summed E-state index contributed by atoms with van der Waals surface area (Å²) in [6, 6.07) is 23.3. The third-order valence-electron chi connectivity index (χ3n) is 3.96. The molecule has 0 radical (unpaired) electrons. The lowest BCUT2D eigenvalue weighted by Crippen LogP contribution is -2.34. The van der Waals surface area contributed by atoms with Gasteiger partial charge in [0, 0.05) is 22.5 Å². The zero-order valence-electron chi connectivity index (χ0n) is 15.2. The Hall–Kier alpha value is -3.51. The standard InChI is InChI=1S/C22H19N3O2S/c1-15-10-12-17(13-11-15)21(27)25-22(28)24-19-9-5-8-18(14-19)23-20(26)16-6-3-2-4-7-16/h2-14H,1H3,(H,23,26)(H2,24,25,27,28). The second-order valence-electron chi connectivity index (χ2n) is 6.18. The first-order chi connectivity index (χ1) is 13.5. The van der Waals surface area contributed by atoms with Gasteiger partial charge < -0.3 is 10.6 Å². The summed E-state index contributed by atoms with van der Waals surface area (Å²) in [6.07, 6.45) is 0. The van der Waals surface area contributed by atoms with Crippen molar-refractivity contribution in [1.29, 1.82) is 0 Å². The summed E-state index contributed by atoms with van der Waals surface area (Å²) in [5.74, 6) is -0.487. The predicted octanol–water partition coefficient (Wildman–Crippen LogP) is 4.37. The minimum Gasteiger partial charge on any atom is -0.332 e. The van der Waals surface area contributed by atoms with E-state index in [1.807, 2.05) is 37.3 Å². The van der Waals surface area contributed by atoms with Crippen molar-refractivity contribution in [1.82, 2.24) is 5.32 Å². The lowest BCUT2D eigenvalue weighted by Gasteiger charge is -2.11. The molecule has 0 aliphatic carbocycles. The molecule has 0 fully saturated rings. The highest BCUT2D eigenvalue weighted by atomic mass is 32.1. The van der Waals surface area contributed by atoms with E-state index < -0.39 is 0 Å². The number of amides is 2. The lowest BCUT2D eigenvalue weighted by molar-refractivity contribution is 0.0976. The van der Waals surface area contributed by atoms with Crippen LogP contribution >= 0.6 is 12.2 Å². The van der Waals surface area contributed by atoms with Crippen LogP contribution in [0.1, 0.15) is 26.3 Å². The molecule has 6 heteroatoms. The average molecular weight is 389 g/mol. The van der Waals surface area contributed by atoms with Gasteiger partial charge in [0.25, 0.3) is 11.8 Å².